The molecule has 0 aliphatic heterocycles. The Labute approximate surface area is 1100 Å². The summed E-state index contributed by atoms with van der Waals surface area (Å²) < 4.78 is 84.1. The minimum absolute atomic E-state index is 0.120. The van der Waals surface area contributed by atoms with Gasteiger partial charge in [0.25, 0.3) is 0 Å². The molecule has 20 nitrogen and oxygen atoms in total. The Morgan fingerprint density at radius 2 is 0.284 bits per heavy atom. The summed E-state index contributed by atoms with van der Waals surface area (Å²) >= 11 is 36.5. The zero-order valence-electron chi connectivity index (χ0n) is 86.7. The highest BCUT2D eigenvalue weighted by molar-refractivity contribution is 14.1. The summed E-state index contributed by atoms with van der Waals surface area (Å²) in [6.07, 6.45) is 11.9. The lowest BCUT2D eigenvalue weighted by atomic mass is 9.85. The molecule has 0 saturated carbocycles. The molecule has 0 radical (unpaired) electrons. The molecule has 36 heteroatoms. The van der Waals surface area contributed by atoms with Crippen molar-refractivity contribution in [2.75, 3.05) is 79.3 Å². The van der Waals surface area contributed by atoms with Crippen molar-refractivity contribution in [3.05, 3.63) is 199 Å². The number of ether oxygens (including phenoxy) is 12. The molecule has 0 N–H and O–H groups in total. The van der Waals surface area contributed by atoms with E-state index >= 15 is 0 Å². The van der Waals surface area contributed by atoms with E-state index in [9.17, 15) is 38.4 Å². The molecule has 0 aliphatic carbocycles. The highest BCUT2D eigenvalue weighted by atomic mass is 127. The van der Waals surface area contributed by atoms with Crippen LogP contribution in [0.2, 0.25) is 0 Å². The molecule has 816 valence electrons. The monoisotopic (exact) mass is 3830 g/mol. The average Bonchev–Trinajstić information content (AvgIpc) is 0.833. The molecule has 0 amide bonds. The number of hydrogen-bond acceptors (Lipinski definition) is 20. The van der Waals surface area contributed by atoms with Gasteiger partial charge in [-0.3, -0.25) is 38.4 Å². The van der Waals surface area contributed by atoms with Gasteiger partial charge in [0.1, 0.15) is 69.1 Å². The predicted octanol–water partition coefficient (Wildman–Crippen LogP) is 33.0. The van der Waals surface area contributed by atoms with Crippen LogP contribution in [0.15, 0.2) is 97.1 Å². The number of carbonyl (C=O) groups is 8. The van der Waals surface area contributed by atoms with E-state index in [2.05, 4.69) is 438 Å². The molecular weight excluding hydrogens is 3700 g/mol. The number of rotatable bonds is 60. The SMILES string of the molecule is CCCC(Cc1cc(I)c(OCC)c(I)c1)C(=O)CC(Cc1cc(I)c(OCC)c(I)c1)C(=O)OCC.CCCC(Cc1cc(I)c(OCC)c(I)c1)C(=O)CC(Cc1cc(I)c(OCC)c(I)c1)C(=O)OCC.CCCC(Cc1cc(I)c(OCC)c(I)c1)C(=O)CC(Cc1cc(I)c(OCC)c(I)c1)C(=O)OCC.CCCC(Cc1cc(I)c(OCC)c(I)c1)C(=O)CC(Cc1cc(I)c(OCC)c(I)c1)C(=O)OCC. The lowest BCUT2D eigenvalue weighted by Gasteiger charge is -2.21. The smallest absolute Gasteiger partial charge is 0.309 e. The van der Waals surface area contributed by atoms with Crippen LogP contribution in [-0.4, -0.2) is 126 Å². The third-order valence-electron chi connectivity index (χ3n) is 23.3. The molecule has 8 rings (SSSR count). The first-order chi connectivity index (χ1) is 70.6. The topological polar surface area (TPSA) is 247 Å². The standard InChI is InChI=1S/4C28H34I4O5/c4*1-5-9-19(10-17-12-21(29)26(35-6-2)22(30)13-17)25(33)16-20(28(34)37-8-4)11-18-14-23(31)27(36-7-3)24(32)15-18/h4*12-15,19-20H,5-11,16H2,1-4H3. The van der Waals surface area contributed by atoms with Gasteiger partial charge >= 0.3 is 23.9 Å². The van der Waals surface area contributed by atoms with Crippen molar-refractivity contribution in [2.45, 2.75) is 239 Å². The van der Waals surface area contributed by atoms with Gasteiger partial charge in [-0.25, -0.2) is 0 Å². The predicted molar refractivity (Wildman–Crippen MR) is 727 cm³/mol. The van der Waals surface area contributed by atoms with Crippen LogP contribution in [0, 0.1) is 104 Å². The van der Waals surface area contributed by atoms with E-state index in [4.69, 9.17) is 56.8 Å². The number of benzene rings is 8. The number of hydrogen-bond donors (Lipinski definition) is 0. The molecule has 8 unspecified atom stereocenters. The van der Waals surface area contributed by atoms with Crippen LogP contribution >= 0.6 is 361 Å². The lowest BCUT2D eigenvalue weighted by molar-refractivity contribution is -0.150. The minimum Gasteiger partial charge on any atom is -0.492 e. The Bertz CT molecular complexity index is 4780. The summed E-state index contributed by atoms with van der Waals surface area (Å²) in [5.41, 5.74) is 8.49. The van der Waals surface area contributed by atoms with Gasteiger partial charge in [-0.2, -0.15) is 0 Å². The van der Waals surface area contributed by atoms with E-state index in [1.807, 2.05) is 104 Å². The molecule has 8 atom stereocenters. The molecule has 0 heterocycles. The summed E-state index contributed by atoms with van der Waals surface area (Å²) in [5.74, 6) is 3.61. The van der Waals surface area contributed by atoms with Crippen molar-refractivity contribution < 1.29 is 95.2 Å². The highest BCUT2D eigenvalue weighted by Gasteiger charge is 2.35. The Hall–Kier alpha value is 0.400. The quantitative estimate of drug-likeness (QED) is 0.0195. The van der Waals surface area contributed by atoms with Gasteiger partial charge in [0.15, 0.2) is 0 Å². The molecule has 0 bridgehead atoms. The van der Waals surface area contributed by atoms with Crippen molar-refractivity contribution in [3.8, 4) is 46.0 Å². The first kappa shape index (κ1) is 139. The summed E-state index contributed by atoms with van der Waals surface area (Å²) in [4.78, 5) is 106. The fourth-order valence-electron chi connectivity index (χ4n) is 16.9. The van der Waals surface area contributed by atoms with E-state index in [1.54, 1.807) is 27.7 Å². The van der Waals surface area contributed by atoms with Gasteiger partial charge in [0, 0.05) is 49.4 Å². The minimum atomic E-state index is -0.517. The second-order valence-corrected chi connectivity index (χ2v) is 53.2. The van der Waals surface area contributed by atoms with Crippen LogP contribution < -0.4 is 37.9 Å². The third-order valence-corrected chi connectivity index (χ3v) is 36.1. The average molecular weight is 3830 g/mol. The molecule has 8 aromatic carbocycles. The highest BCUT2D eigenvalue weighted by Crippen LogP contribution is 2.41. The van der Waals surface area contributed by atoms with E-state index < -0.39 is 23.7 Å². The van der Waals surface area contributed by atoms with E-state index in [0.717, 1.165) is 199 Å². The molecule has 0 aromatic heterocycles. The number of halogens is 16. The van der Waals surface area contributed by atoms with Crippen LogP contribution in [0.25, 0.3) is 0 Å². The largest absolute Gasteiger partial charge is 0.492 e. The summed E-state index contributed by atoms with van der Waals surface area (Å²) in [5, 5.41) is 0. The maximum absolute atomic E-state index is 13.6. The summed E-state index contributed by atoms with van der Waals surface area (Å²) in [6.45, 7) is 37.4. The maximum atomic E-state index is 13.6. The van der Waals surface area contributed by atoms with Crippen LogP contribution in [0.5, 0.6) is 46.0 Å². The fourth-order valence-corrected chi connectivity index (χ4v) is 34.6. The van der Waals surface area contributed by atoms with Crippen molar-refractivity contribution in [2.24, 2.45) is 47.3 Å². The number of Topliss-reactive ketones (excluding diaryl/α,β-unsaturated/α-hetero) is 4. The molecule has 0 spiro atoms. The normalized spacial score (nSPS) is 12.6. The third kappa shape index (κ3) is 47.1. The zero-order valence-corrected chi connectivity index (χ0v) is 121. The van der Waals surface area contributed by atoms with Gasteiger partial charge in [-0.1, -0.05) is 53.4 Å². The molecule has 148 heavy (non-hydrogen) atoms. The van der Waals surface area contributed by atoms with Gasteiger partial charge in [0.05, 0.1) is 160 Å². The van der Waals surface area contributed by atoms with Gasteiger partial charge in [-0.05, 0) is 663 Å². The van der Waals surface area contributed by atoms with Crippen LogP contribution in [0.4, 0.5) is 0 Å². The first-order valence-electron chi connectivity index (χ1n) is 50.2. The second kappa shape index (κ2) is 75.6. The Kier molecular flexibility index (Phi) is 70.9. The zero-order chi connectivity index (χ0) is 110. The van der Waals surface area contributed by atoms with Crippen molar-refractivity contribution in [1.82, 2.24) is 0 Å². The molecule has 0 saturated heterocycles. The Morgan fingerprint density at radius 1 is 0.176 bits per heavy atom. The van der Waals surface area contributed by atoms with E-state index in [0.29, 0.717) is 131 Å². The second-order valence-electron chi connectivity index (χ2n) is 34.6. The van der Waals surface area contributed by atoms with Crippen LogP contribution in [-0.2, 0) is 109 Å². The van der Waals surface area contributed by atoms with E-state index in [1.165, 1.54) is 0 Å². The fraction of sp³-hybridized carbons (Fsp3) is 0.500. The summed E-state index contributed by atoms with van der Waals surface area (Å²) in [7, 11) is 0. The van der Waals surface area contributed by atoms with Crippen LogP contribution in [0.1, 0.15) is 232 Å². The first-order valence-corrected chi connectivity index (χ1v) is 67.5. The Morgan fingerprint density at radius 3 is 0.378 bits per heavy atom. The summed E-state index contributed by atoms with van der Waals surface area (Å²) in [6, 6.07) is 33.2. The van der Waals surface area contributed by atoms with Crippen molar-refractivity contribution in [3.63, 3.8) is 0 Å². The van der Waals surface area contributed by atoms with Gasteiger partial charge in [0.2, 0.25) is 0 Å². The lowest BCUT2D eigenvalue weighted by Crippen LogP contribution is -2.27. The van der Waals surface area contributed by atoms with Crippen molar-refractivity contribution >= 4 is 408 Å². The molecule has 0 fully saturated rings. The van der Waals surface area contributed by atoms with Gasteiger partial charge in [-0.15, -0.1) is 0 Å². The van der Waals surface area contributed by atoms with E-state index in [-0.39, 0.29) is 96.4 Å². The number of carbonyl (C=O) groups excluding carboxylic acids is 8. The van der Waals surface area contributed by atoms with Crippen molar-refractivity contribution in [1.29, 1.82) is 0 Å². The van der Waals surface area contributed by atoms with Crippen LogP contribution in [0.3, 0.4) is 0 Å². The molecule has 0 aliphatic rings. The number of ketones is 4. The Balaban J connectivity index is 0.000000347. The maximum Gasteiger partial charge on any atom is 0.309 e. The molecule has 8 aromatic rings. The molecular formula is C112H136I16O20. The number of esters is 4. The van der Waals surface area contributed by atoms with Gasteiger partial charge < -0.3 is 56.8 Å².